The van der Waals surface area contributed by atoms with Crippen LogP contribution in [0.25, 0.3) is 0 Å². The zero-order valence-corrected chi connectivity index (χ0v) is 17.6. The highest BCUT2D eigenvalue weighted by molar-refractivity contribution is 7.89. The van der Waals surface area contributed by atoms with Crippen molar-refractivity contribution in [3.63, 3.8) is 0 Å². The third kappa shape index (κ3) is 5.79. The molecule has 0 spiro atoms. The van der Waals surface area contributed by atoms with Gasteiger partial charge in [-0.3, -0.25) is 4.79 Å². The molecule has 0 bridgehead atoms. The number of carbonyl (C=O) groups is 1. The molecule has 1 aliphatic heterocycles. The van der Waals surface area contributed by atoms with Gasteiger partial charge in [0.1, 0.15) is 11.9 Å². The van der Waals surface area contributed by atoms with Crippen LogP contribution in [-0.2, 0) is 14.8 Å². The molecule has 3 rings (SSSR count). The van der Waals surface area contributed by atoms with E-state index in [2.05, 4.69) is 17.3 Å². The molecule has 7 nitrogen and oxygen atoms in total. The van der Waals surface area contributed by atoms with Gasteiger partial charge >= 0.3 is 0 Å². The summed E-state index contributed by atoms with van der Waals surface area (Å²) in [5.41, 5.74) is 0.594. The van der Waals surface area contributed by atoms with Gasteiger partial charge in [-0.15, -0.1) is 0 Å². The van der Waals surface area contributed by atoms with Crippen molar-refractivity contribution >= 4 is 21.6 Å². The number of amides is 1. The van der Waals surface area contributed by atoms with Crippen molar-refractivity contribution in [2.75, 3.05) is 39.0 Å². The Kier molecular flexibility index (Phi) is 6.89. The molecule has 0 unspecified atom stereocenters. The number of benzene rings is 2. The average molecular weight is 418 g/mol. The van der Waals surface area contributed by atoms with Crippen LogP contribution in [0.5, 0.6) is 5.75 Å². The van der Waals surface area contributed by atoms with E-state index in [1.54, 1.807) is 30.3 Å². The molecule has 1 saturated heterocycles. The second-order valence-corrected chi connectivity index (χ2v) is 9.31. The minimum absolute atomic E-state index is 0.158. The van der Waals surface area contributed by atoms with E-state index in [9.17, 15) is 13.2 Å². The molecule has 156 valence electrons. The van der Waals surface area contributed by atoms with Crippen molar-refractivity contribution in [1.29, 1.82) is 0 Å². The highest BCUT2D eigenvalue weighted by atomic mass is 32.2. The predicted molar refractivity (Wildman–Crippen MR) is 112 cm³/mol. The van der Waals surface area contributed by atoms with Crippen LogP contribution in [0.2, 0.25) is 0 Å². The lowest BCUT2D eigenvalue weighted by molar-refractivity contribution is -0.116. The average Bonchev–Trinajstić information content (AvgIpc) is 2.71. The molecule has 0 aromatic heterocycles. The molecule has 29 heavy (non-hydrogen) atoms. The Balaban J connectivity index is 1.52. The molecule has 1 amide bonds. The van der Waals surface area contributed by atoms with Gasteiger partial charge < -0.3 is 15.0 Å². The summed E-state index contributed by atoms with van der Waals surface area (Å²) in [6.07, 6.45) is 2.21. The van der Waals surface area contributed by atoms with E-state index < -0.39 is 15.9 Å². The first-order valence-corrected chi connectivity index (χ1v) is 11.0. The van der Waals surface area contributed by atoms with Gasteiger partial charge in [-0.05, 0) is 56.3 Å². The highest BCUT2D eigenvalue weighted by Crippen LogP contribution is 2.21. The summed E-state index contributed by atoms with van der Waals surface area (Å²) < 4.78 is 32.0. The molecule has 1 heterocycles. The first kappa shape index (κ1) is 21.3. The zero-order valence-electron chi connectivity index (χ0n) is 16.7. The standard InChI is InChI=1S/C21H27N3O4S/c1-23-14-12-19(13-15-23)28-18-10-8-17(9-11-18)22-21(25)16-24(2)29(26,27)20-6-4-3-5-7-20/h3-11,19H,12-16H2,1-2H3,(H,22,25). The van der Waals surface area contributed by atoms with Crippen molar-refractivity contribution in [3.8, 4) is 5.75 Å². The van der Waals surface area contributed by atoms with E-state index in [1.165, 1.54) is 19.2 Å². The van der Waals surface area contributed by atoms with Crippen molar-refractivity contribution in [2.24, 2.45) is 0 Å². The maximum Gasteiger partial charge on any atom is 0.243 e. The molecular formula is C21H27N3O4S. The quantitative estimate of drug-likeness (QED) is 0.749. The van der Waals surface area contributed by atoms with E-state index in [0.29, 0.717) is 5.69 Å². The second-order valence-electron chi connectivity index (χ2n) is 7.27. The Hall–Kier alpha value is -2.42. The van der Waals surface area contributed by atoms with E-state index in [0.717, 1.165) is 36.0 Å². The number of nitrogens with one attached hydrogen (secondary N) is 1. The third-order valence-electron chi connectivity index (χ3n) is 4.92. The predicted octanol–water partition coefficient (Wildman–Crippen LogP) is 2.42. The summed E-state index contributed by atoms with van der Waals surface area (Å²) in [6, 6.07) is 15.2. The number of carbonyl (C=O) groups excluding carboxylic acids is 1. The monoisotopic (exact) mass is 417 g/mol. The molecule has 1 fully saturated rings. The van der Waals surface area contributed by atoms with Crippen molar-refractivity contribution < 1.29 is 17.9 Å². The van der Waals surface area contributed by atoms with Gasteiger partial charge in [0, 0.05) is 25.8 Å². The van der Waals surface area contributed by atoms with E-state index in [-0.39, 0.29) is 17.5 Å². The van der Waals surface area contributed by atoms with Crippen LogP contribution in [-0.4, -0.2) is 63.4 Å². The third-order valence-corrected chi connectivity index (χ3v) is 6.74. The summed E-state index contributed by atoms with van der Waals surface area (Å²) in [6.45, 7) is 1.78. The van der Waals surface area contributed by atoms with Crippen molar-refractivity contribution in [3.05, 3.63) is 54.6 Å². The second kappa shape index (κ2) is 9.39. The molecule has 0 atom stereocenters. The molecule has 2 aromatic rings. The Morgan fingerprint density at radius 1 is 1.10 bits per heavy atom. The van der Waals surface area contributed by atoms with Crippen molar-refractivity contribution in [2.45, 2.75) is 23.8 Å². The van der Waals surface area contributed by atoms with Crippen LogP contribution >= 0.6 is 0 Å². The van der Waals surface area contributed by atoms with Crippen LogP contribution in [0.4, 0.5) is 5.69 Å². The van der Waals surface area contributed by atoms with Crippen molar-refractivity contribution in [1.82, 2.24) is 9.21 Å². The van der Waals surface area contributed by atoms with Gasteiger partial charge in [0.2, 0.25) is 15.9 Å². The lowest BCUT2D eigenvalue weighted by Crippen LogP contribution is -2.35. The lowest BCUT2D eigenvalue weighted by Gasteiger charge is -2.29. The van der Waals surface area contributed by atoms with E-state index in [4.69, 9.17) is 4.74 Å². The summed E-state index contributed by atoms with van der Waals surface area (Å²) >= 11 is 0. The summed E-state index contributed by atoms with van der Waals surface area (Å²) in [5, 5.41) is 2.73. The van der Waals surface area contributed by atoms with Gasteiger partial charge in [0.25, 0.3) is 0 Å². The van der Waals surface area contributed by atoms with Crippen LogP contribution < -0.4 is 10.1 Å². The first-order valence-electron chi connectivity index (χ1n) is 9.61. The molecule has 0 aliphatic carbocycles. The molecular weight excluding hydrogens is 390 g/mol. The molecule has 2 aromatic carbocycles. The fourth-order valence-electron chi connectivity index (χ4n) is 3.17. The molecule has 0 saturated carbocycles. The Morgan fingerprint density at radius 2 is 1.72 bits per heavy atom. The number of rotatable bonds is 7. The fraction of sp³-hybridized carbons (Fsp3) is 0.381. The SMILES string of the molecule is CN1CCC(Oc2ccc(NC(=O)CN(C)S(=O)(=O)c3ccccc3)cc2)CC1. The lowest BCUT2D eigenvalue weighted by atomic mass is 10.1. The number of anilines is 1. The number of hydrogen-bond acceptors (Lipinski definition) is 5. The van der Waals surface area contributed by atoms with E-state index in [1.807, 2.05) is 12.1 Å². The Bertz CT molecular complexity index is 909. The number of likely N-dealkylation sites (N-methyl/N-ethyl adjacent to an activating group) is 1. The zero-order chi connectivity index (χ0) is 20.9. The molecule has 0 radical (unpaired) electrons. The Morgan fingerprint density at radius 3 is 2.34 bits per heavy atom. The van der Waals surface area contributed by atoms with Gasteiger partial charge in [0.05, 0.1) is 11.4 Å². The van der Waals surface area contributed by atoms with E-state index >= 15 is 0 Å². The fourth-order valence-corrected chi connectivity index (χ4v) is 4.32. The smallest absolute Gasteiger partial charge is 0.243 e. The molecule has 1 N–H and O–H groups in total. The summed E-state index contributed by atoms with van der Waals surface area (Å²) in [7, 11) is -0.208. The van der Waals surface area contributed by atoms with Gasteiger partial charge in [-0.25, -0.2) is 8.42 Å². The van der Waals surface area contributed by atoms with Crippen LogP contribution in [0.1, 0.15) is 12.8 Å². The molecule has 1 aliphatic rings. The summed E-state index contributed by atoms with van der Waals surface area (Å²) in [4.78, 5) is 14.7. The van der Waals surface area contributed by atoms with Gasteiger partial charge in [-0.2, -0.15) is 4.31 Å². The maximum atomic E-state index is 12.5. The largest absolute Gasteiger partial charge is 0.490 e. The normalized spacial score (nSPS) is 16.0. The number of ether oxygens (including phenoxy) is 1. The maximum absolute atomic E-state index is 12.5. The topological polar surface area (TPSA) is 79.0 Å². The number of hydrogen-bond donors (Lipinski definition) is 1. The number of piperidine rings is 1. The number of sulfonamides is 1. The number of nitrogens with zero attached hydrogens (tertiary/aromatic N) is 2. The summed E-state index contributed by atoms with van der Waals surface area (Å²) in [5.74, 6) is 0.359. The minimum Gasteiger partial charge on any atom is -0.490 e. The number of likely N-dealkylation sites (tertiary alicyclic amines) is 1. The van der Waals surface area contributed by atoms with Crippen LogP contribution in [0.3, 0.4) is 0 Å². The van der Waals surface area contributed by atoms with Gasteiger partial charge in [-0.1, -0.05) is 18.2 Å². The van der Waals surface area contributed by atoms with Gasteiger partial charge in [0.15, 0.2) is 0 Å². The van der Waals surface area contributed by atoms with Crippen LogP contribution in [0, 0.1) is 0 Å². The van der Waals surface area contributed by atoms with Crippen LogP contribution in [0.15, 0.2) is 59.5 Å². The highest BCUT2D eigenvalue weighted by Gasteiger charge is 2.22. The Labute approximate surface area is 172 Å². The first-order chi connectivity index (χ1) is 13.8. The molecule has 8 heteroatoms. The minimum atomic E-state index is -3.70.